The van der Waals surface area contributed by atoms with E-state index in [4.69, 9.17) is 11.6 Å². The average Bonchev–Trinajstić information content (AvgIpc) is 2.10. The number of aliphatic imine (C=N–C) groups is 1. The molecule has 14 heavy (non-hydrogen) atoms. The van der Waals surface area contributed by atoms with E-state index in [1.165, 1.54) is 12.1 Å². The SMILES string of the molecule is O=[N+]([O-])c1cc(Cl)c(N=C=S)c(Br)c1. The quantitative estimate of drug-likeness (QED) is 0.361. The van der Waals surface area contributed by atoms with E-state index in [0.29, 0.717) is 10.2 Å². The number of thiocarbonyl (C=S) groups is 1. The fraction of sp³-hybridized carbons (Fsp3) is 0. The highest BCUT2D eigenvalue weighted by atomic mass is 79.9. The summed E-state index contributed by atoms with van der Waals surface area (Å²) in [5, 5.41) is 12.7. The fourth-order valence-corrected chi connectivity index (χ4v) is 1.81. The van der Waals surface area contributed by atoms with Gasteiger partial charge in [-0.15, -0.1) is 0 Å². The highest BCUT2D eigenvalue weighted by molar-refractivity contribution is 9.10. The second kappa shape index (κ2) is 4.61. The summed E-state index contributed by atoms with van der Waals surface area (Å²) in [4.78, 5) is 13.6. The van der Waals surface area contributed by atoms with E-state index in [1.54, 1.807) is 0 Å². The van der Waals surface area contributed by atoms with E-state index in [0.717, 1.165) is 0 Å². The molecule has 1 aromatic rings. The molecule has 72 valence electrons. The minimum atomic E-state index is -0.540. The zero-order valence-corrected chi connectivity index (χ0v) is 9.69. The molecule has 0 saturated carbocycles. The molecule has 7 heteroatoms. The molecule has 0 fully saturated rings. The lowest BCUT2D eigenvalue weighted by atomic mass is 10.3. The summed E-state index contributed by atoms with van der Waals surface area (Å²) in [6, 6.07) is 2.51. The van der Waals surface area contributed by atoms with Crippen molar-refractivity contribution in [2.24, 2.45) is 4.99 Å². The number of rotatable bonds is 2. The van der Waals surface area contributed by atoms with Crippen molar-refractivity contribution < 1.29 is 4.92 Å². The molecule has 0 radical (unpaired) electrons. The van der Waals surface area contributed by atoms with Crippen molar-refractivity contribution in [2.75, 3.05) is 0 Å². The van der Waals surface area contributed by atoms with Gasteiger partial charge in [0.2, 0.25) is 0 Å². The maximum Gasteiger partial charge on any atom is 0.272 e. The molecule has 0 heterocycles. The van der Waals surface area contributed by atoms with E-state index in [9.17, 15) is 10.1 Å². The van der Waals surface area contributed by atoms with Crippen LogP contribution in [0.3, 0.4) is 0 Å². The molecule has 0 N–H and O–H groups in total. The van der Waals surface area contributed by atoms with Crippen molar-refractivity contribution in [3.8, 4) is 0 Å². The largest absolute Gasteiger partial charge is 0.272 e. The Balaban J connectivity index is 3.39. The number of hydrogen-bond acceptors (Lipinski definition) is 4. The number of nitro benzene ring substituents is 1. The smallest absolute Gasteiger partial charge is 0.258 e. The first-order valence-corrected chi connectivity index (χ1v) is 4.85. The predicted molar refractivity (Wildman–Crippen MR) is 60.5 cm³/mol. The Kier molecular flexibility index (Phi) is 3.71. The summed E-state index contributed by atoms with van der Waals surface area (Å²) < 4.78 is 0.411. The van der Waals surface area contributed by atoms with Crippen LogP contribution in [-0.2, 0) is 0 Å². The molecule has 0 bridgehead atoms. The van der Waals surface area contributed by atoms with Gasteiger partial charge in [0.05, 0.1) is 19.6 Å². The van der Waals surface area contributed by atoms with Crippen LogP contribution in [0.2, 0.25) is 5.02 Å². The minimum absolute atomic E-state index is 0.106. The predicted octanol–water partition coefficient (Wildman–Crippen LogP) is 3.75. The van der Waals surface area contributed by atoms with Crippen LogP contribution in [0, 0.1) is 10.1 Å². The molecular weight excluding hydrogens is 292 g/mol. The average molecular weight is 294 g/mol. The third-order valence-electron chi connectivity index (χ3n) is 1.37. The van der Waals surface area contributed by atoms with E-state index < -0.39 is 4.92 Å². The van der Waals surface area contributed by atoms with E-state index in [1.807, 2.05) is 0 Å². The lowest BCUT2D eigenvalue weighted by Gasteiger charge is -1.99. The maximum absolute atomic E-state index is 10.4. The van der Waals surface area contributed by atoms with Crippen molar-refractivity contribution in [1.29, 1.82) is 0 Å². The molecule has 0 aliphatic carbocycles. The van der Waals surface area contributed by atoms with Gasteiger partial charge in [0.25, 0.3) is 5.69 Å². The first kappa shape index (κ1) is 11.3. The second-order valence-electron chi connectivity index (χ2n) is 2.22. The topological polar surface area (TPSA) is 55.5 Å². The molecule has 0 saturated heterocycles. The van der Waals surface area contributed by atoms with Gasteiger partial charge >= 0.3 is 0 Å². The van der Waals surface area contributed by atoms with Crippen LogP contribution >= 0.6 is 39.7 Å². The van der Waals surface area contributed by atoms with Crippen molar-refractivity contribution in [2.45, 2.75) is 0 Å². The van der Waals surface area contributed by atoms with Crippen LogP contribution in [0.5, 0.6) is 0 Å². The number of benzene rings is 1. The van der Waals surface area contributed by atoms with Gasteiger partial charge in [0.1, 0.15) is 5.69 Å². The molecule has 0 aliphatic heterocycles. The first-order chi connectivity index (χ1) is 6.56. The standard InChI is InChI=1S/C7H2BrClN2O2S/c8-5-1-4(11(12)13)2-6(9)7(5)10-3-14/h1-2H. The van der Waals surface area contributed by atoms with Crippen LogP contribution < -0.4 is 0 Å². The molecule has 0 amide bonds. The summed E-state index contributed by atoms with van der Waals surface area (Å²) >= 11 is 13.2. The molecule has 1 aromatic carbocycles. The fourth-order valence-electron chi connectivity index (χ4n) is 0.810. The second-order valence-corrected chi connectivity index (χ2v) is 3.66. The Morgan fingerprint density at radius 1 is 1.64 bits per heavy atom. The highest BCUT2D eigenvalue weighted by Gasteiger charge is 2.13. The Labute approximate surface area is 97.9 Å². The number of hydrogen-bond donors (Lipinski definition) is 0. The van der Waals surface area contributed by atoms with Crippen molar-refractivity contribution >= 4 is 56.3 Å². The minimum Gasteiger partial charge on any atom is -0.258 e. The number of nitrogens with zero attached hydrogens (tertiary/aromatic N) is 2. The van der Waals surface area contributed by atoms with E-state index in [2.05, 4.69) is 38.3 Å². The third-order valence-corrected chi connectivity index (χ3v) is 2.35. The summed E-state index contributed by atoms with van der Waals surface area (Å²) in [6.07, 6.45) is 0. The van der Waals surface area contributed by atoms with Crippen LogP contribution in [0.15, 0.2) is 21.6 Å². The molecule has 1 rings (SSSR count). The van der Waals surface area contributed by atoms with Crippen LogP contribution in [0.25, 0.3) is 0 Å². The molecular formula is C7H2BrClN2O2S. The summed E-state index contributed by atoms with van der Waals surface area (Å²) in [7, 11) is 0. The molecule has 0 aliphatic rings. The zero-order valence-electron chi connectivity index (χ0n) is 6.53. The van der Waals surface area contributed by atoms with E-state index in [-0.39, 0.29) is 10.7 Å². The van der Waals surface area contributed by atoms with Gasteiger partial charge in [0, 0.05) is 12.1 Å². The highest BCUT2D eigenvalue weighted by Crippen LogP contribution is 2.36. The number of non-ortho nitro benzene ring substituents is 1. The zero-order chi connectivity index (χ0) is 10.7. The third kappa shape index (κ3) is 2.36. The van der Waals surface area contributed by atoms with Gasteiger partial charge in [-0.1, -0.05) is 11.6 Å². The van der Waals surface area contributed by atoms with E-state index >= 15 is 0 Å². The summed E-state index contributed by atoms with van der Waals surface area (Å²) in [5.41, 5.74) is 0.234. The van der Waals surface area contributed by atoms with Crippen LogP contribution in [0.4, 0.5) is 11.4 Å². The molecule has 4 nitrogen and oxygen atoms in total. The van der Waals surface area contributed by atoms with Gasteiger partial charge in [-0.2, -0.15) is 4.99 Å². The lowest BCUT2D eigenvalue weighted by molar-refractivity contribution is -0.384. The monoisotopic (exact) mass is 292 g/mol. The number of nitro groups is 1. The summed E-state index contributed by atoms with van der Waals surface area (Å²) in [6.45, 7) is 0. The Morgan fingerprint density at radius 3 is 2.71 bits per heavy atom. The Morgan fingerprint density at radius 2 is 2.29 bits per heavy atom. The summed E-state index contributed by atoms with van der Waals surface area (Å²) in [5.74, 6) is 0. The van der Waals surface area contributed by atoms with Crippen molar-refractivity contribution in [3.05, 3.63) is 31.7 Å². The van der Waals surface area contributed by atoms with Crippen LogP contribution in [0.1, 0.15) is 0 Å². The molecule has 0 aromatic heterocycles. The lowest BCUT2D eigenvalue weighted by Crippen LogP contribution is -1.87. The van der Waals surface area contributed by atoms with Gasteiger partial charge in [-0.25, -0.2) is 0 Å². The van der Waals surface area contributed by atoms with Gasteiger partial charge < -0.3 is 0 Å². The van der Waals surface area contributed by atoms with Crippen molar-refractivity contribution in [1.82, 2.24) is 0 Å². The number of halogens is 2. The first-order valence-electron chi connectivity index (χ1n) is 3.27. The Bertz CT molecular complexity index is 422. The Hall–Kier alpha value is -0.810. The maximum atomic E-state index is 10.4. The normalized spacial score (nSPS) is 9.29. The molecule has 0 spiro atoms. The number of isothiocyanates is 1. The molecule has 0 atom stereocenters. The van der Waals surface area contributed by atoms with Gasteiger partial charge in [0.15, 0.2) is 0 Å². The van der Waals surface area contributed by atoms with Gasteiger partial charge in [-0.3, -0.25) is 10.1 Å². The van der Waals surface area contributed by atoms with Crippen LogP contribution in [-0.4, -0.2) is 10.1 Å². The molecule has 0 unspecified atom stereocenters. The van der Waals surface area contributed by atoms with Gasteiger partial charge in [-0.05, 0) is 28.1 Å². The van der Waals surface area contributed by atoms with Crippen molar-refractivity contribution in [3.63, 3.8) is 0 Å².